The highest BCUT2D eigenvalue weighted by Crippen LogP contribution is 3.00. The number of rotatable bonds is 0. The minimum Gasteiger partial charge on any atom is -0.0593 e. The second kappa shape index (κ2) is 0.852. The summed E-state index contributed by atoms with van der Waals surface area (Å²) in [6, 6.07) is 0. The van der Waals surface area contributed by atoms with Crippen LogP contribution in [0.1, 0.15) is 26.7 Å². The van der Waals surface area contributed by atoms with Crippen molar-refractivity contribution < 1.29 is 0 Å². The SMILES string of the molecule is CC1(C)CC2C3CC4C3C241. The lowest BCUT2D eigenvalue weighted by atomic mass is 9.42. The van der Waals surface area contributed by atoms with Gasteiger partial charge in [-0.2, -0.15) is 0 Å². The molecule has 4 fully saturated rings. The molecule has 4 aliphatic rings. The summed E-state index contributed by atoms with van der Waals surface area (Å²) in [5.41, 5.74) is 1.72. The Morgan fingerprint density at radius 3 is 2.40 bits per heavy atom. The Morgan fingerprint density at radius 1 is 1.20 bits per heavy atom. The van der Waals surface area contributed by atoms with Gasteiger partial charge in [0.05, 0.1) is 0 Å². The quantitative estimate of drug-likeness (QED) is 0.477. The van der Waals surface area contributed by atoms with E-state index in [2.05, 4.69) is 13.8 Å². The van der Waals surface area contributed by atoms with Gasteiger partial charge in [-0.1, -0.05) is 13.8 Å². The highest BCUT2D eigenvalue weighted by atomic mass is 15.0. The maximum Gasteiger partial charge on any atom is -0.0150 e. The van der Waals surface area contributed by atoms with E-state index in [4.69, 9.17) is 0 Å². The summed E-state index contributed by atoms with van der Waals surface area (Å²) in [4.78, 5) is 0. The van der Waals surface area contributed by atoms with E-state index in [-0.39, 0.29) is 0 Å². The van der Waals surface area contributed by atoms with Gasteiger partial charge in [-0.3, -0.25) is 0 Å². The van der Waals surface area contributed by atoms with E-state index in [9.17, 15) is 0 Å². The maximum atomic E-state index is 2.50. The molecule has 0 nitrogen and oxygen atoms in total. The van der Waals surface area contributed by atoms with E-state index in [1.807, 2.05) is 0 Å². The van der Waals surface area contributed by atoms with Gasteiger partial charge in [0.15, 0.2) is 0 Å². The van der Waals surface area contributed by atoms with Crippen molar-refractivity contribution >= 4 is 0 Å². The molecular formula is C10H14. The molecule has 0 saturated heterocycles. The van der Waals surface area contributed by atoms with Gasteiger partial charge in [-0.05, 0) is 47.3 Å². The summed E-state index contributed by atoms with van der Waals surface area (Å²) in [5, 5.41) is 0. The molecule has 0 aromatic carbocycles. The lowest BCUT2D eigenvalue weighted by Gasteiger charge is -2.62. The molecule has 1 spiro atoms. The summed E-state index contributed by atoms with van der Waals surface area (Å²) < 4.78 is 0. The highest BCUT2D eigenvalue weighted by molar-refractivity contribution is 5.42. The van der Waals surface area contributed by atoms with E-state index in [0.29, 0.717) is 0 Å². The molecule has 0 amide bonds. The second-order valence-electron chi connectivity index (χ2n) is 5.66. The average molecular weight is 134 g/mol. The van der Waals surface area contributed by atoms with Gasteiger partial charge in [-0.25, -0.2) is 0 Å². The standard InChI is InChI=1S/C10H14/c1-9(2)4-7-5-3-6-8(5)10(6,7)9/h5-8H,3-4H2,1-2H3. The fraction of sp³-hybridized carbons (Fsp3) is 1.00. The molecule has 4 saturated carbocycles. The minimum absolute atomic E-state index is 0.764. The second-order valence-corrected chi connectivity index (χ2v) is 5.66. The summed E-state index contributed by atoms with van der Waals surface area (Å²) in [5.74, 6) is 4.93. The van der Waals surface area contributed by atoms with Crippen molar-refractivity contribution in [3.8, 4) is 0 Å². The van der Waals surface area contributed by atoms with E-state index < -0.39 is 0 Å². The zero-order valence-corrected chi connectivity index (χ0v) is 6.72. The van der Waals surface area contributed by atoms with Crippen molar-refractivity contribution in [2.45, 2.75) is 26.7 Å². The Balaban J connectivity index is 1.91. The minimum atomic E-state index is 0.764. The van der Waals surface area contributed by atoms with E-state index in [1.165, 1.54) is 23.7 Å². The van der Waals surface area contributed by atoms with Crippen LogP contribution >= 0.6 is 0 Å². The molecule has 0 heterocycles. The fourth-order valence-corrected chi connectivity index (χ4v) is 5.29. The summed E-state index contributed by atoms with van der Waals surface area (Å²) in [6.45, 7) is 5.00. The molecule has 0 radical (unpaired) electrons. The molecule has 0 bridgehead atoms. The van der Waals surface area contributed by atoms with Crippen LogP contribution in [0, 0.1) is 34.5 Å². The third kappa shape index (κ3) is 0.185. The molecule has 4 aliphatic carbocycles. The number of fused-ring (bicyclic) bond motifs is 1. The Labute approximate surface area is 62.0 Å². The molecule has 0 aromatic heterocycles. The smallest absolute Gasteiger partial charge is 0.0150 e. The van der Waals surface area contributed by atoms with Gasteiger partial charge in [0.25, 0.3) is 0 Å². The van der Waals surface area contributed by atoms with Gasteiger partial charge in [0.2, 0.25) is 0 Å². The first-order valence-corrected chi connectivity index (χ1v) is 4.69. The van der Waals surface area contributed by atoms with Gasteiger partial charge in [0, 0.05) is 0 Å². The molecule has 54 valence electrons. The van der Waals surface area contributed by atoms with Gasteiger partial charge in [-0.15, -0.1) is 0 Å². The Bertz CT molecular complexity index is 234. The first-order chi connectivity index (χ1) is 4.69. The van der Waals surface area contributed by atoms with Crippen LogP contribution in [0.15, 0.2) is 0 Å². The van der Waals surface area contributed by atoms with Crippen LogP contribution in [0.25, 0.3) is 0 Å². The Hall–Kier alpha value is 0. The van der Waals surface area contributed by atoms with Gasteiger partial charge < -0.3 is 0 Å². The van der Waals surface area contributed by atoms with E-state index in [0.717, 1.165) is 10.8 Å². The molecule has 4 rings (SSSR count). The fourth-order valence-electron chi connectivity index (χ4n) is 5.29. The van der Waals surface area contributed by atoms with Crippen LogP contribution in [0.4, 0.5) is 0 Å². The normalized spacial score (nSPS) is 77.4. The van der Waals surface area contributed by atoms with Crippen LogP contribution < -0.4 is 0 Å². The molecule has 0 aromatic rings. The van der Waals surface area contributed by atoms with Gasteiger partial charge in [0.1, 0.15) is 0 Å². The van der Waals surface area contributed by atoms with Crippen LogP contribution in [-0.4, -0.2) is 0 Å². The van der Waals surface area contributed by atoms with Crippen LogP contribution in [-0.2, 0) is 0 Å². The lowest BCUT2D eigenvalue weighted by Crippen LogP contribution is -2.56. The lowest BCUT2D eigenvalue weighted by molar-refractivity contribution is -0.141. The van der Waals surface area contributed by atoms with Crippen molar-refractivity contribution in [2.75, 3.05) is 0 Å². The predicted molar refractivity (Wildman–Crippen MR) is 39.4 cm³/mol. The summed E-state index contributed by atoms with van der Waals surface area (Å²) >= 11 is 0. The Morgan fingerprint density at radius 2 is 2.00 bits per heavy atom. The monoisotopic (exact) mass is 134 g/mol. The molecule has 5 unspecified atom stereocenters. The van der Waals surface area contributed by atoms with Crippen LogP contribution in [0.2, 0.25) is 0 Å². The van der Waals surface area contributed by atoms with Crippen molar-refractivity contribution in [1.29, 1.82) is 0 Å². The topological polar surface area (TPSA) is 0 Å². The zero-order chi connectivity index (χ0) is 6.72. The van der Waals surface area contributed by atoms with Crippen molar-refractivity contribution in [3.05, 3.63) is 0 Å². The molecule has 5 atom stereocenters. The van der Waals surface area contributed by atoms with Gasteiger partial charge >= 0.3 is 0 Å². The van der Waals surface area contributed by atoms with E-state index in [1.54, 1.807) is 12.8 Å². The first-order valence-electron chi connectivity index (χ1n) is 4.69. The third-order valence-electron chi connectivity index (χ3n) is 5.51. The average Bonchev–Trinajstić information content (AvgIpc) is 2.15. The molecule has 0 aliphatic heterocycles. The Kier molecular flexibility index (Phi) is 0.408. The molecule has 0 N–H and O–H groups in total. The van der Waals surface area contributed by atoms with Crippen LogP contribution in [0.3, 0.4) is 0 Å². The van der Waals surface area contributed by atoms with Crippen LogP contribution in [0.5, 0.6) is 0 Å². The maximum absolute atomic E-state index is 2.50. The largest absolute Gasteiger partial charge is 0.0593 e. The summed E-state index contributed by atoms with van der Waals surface area (Å²) in [7, 11) is 0. The number of hydrogen-bond acceptors (Lipinski definition) is 0. The van der Waals surface area contributed by atoms with E-state index >= 15 is 0 Å². The van der Waals surface area contributed by atoms with Crippen molar-refractivity contribution in [3.63, 3.8) is 0 Å². The highest BCUT2D eigenvalue weighted by Gasteiger charge is 2.95. The predicted octanol–water partition coefficient (Wildman–Crippen LogP) is 2.30. The van der Waals surface area contributed by atoms with Crippen molar-refractivity contribution in [1.82, 2.24) is 0 Å². The summed E-state index contributed by atoms with van der Waals surface area (Å²) in [6.07, 6.45) is 3.18. The zero-order valence-electron chi connectivity index (χ0n) is 6.72. The molecular weight excluding hydrogens is 120 g/mol. The third-order valence-corrected chi connectivity index (χ3v) is 5.51. The first kappa shape index (κ1) is 4.79. The molecule has 0 heteroatoms. The molecule has 10 heavy (non-hydrogen) atoms. The number of hydrogen-bond donors (Lipinski definition) is 0. The van der Waals surface area contributed by atoms with Crippen molar-refractivity contribution in [2.24, 2.45) is 34.5 Å².